The molecule has 0 aromatic carbocycles. The fourth-order valence-corrected chi connectivity index (χ4v) is 1.81. The van der Waals surface area contributed by atoms with Crippen molar-refractivity contribution in [2.45, 2.75) is 0 Å². The molecule has 0 fully saturated rings. The molecule has 3 heterocycles. The highest BCUT2D eigenvalue weighted by Crippen LogP contribution is 2.12. The summed E-state index contributed by atoms with van der Waals surface area (Å²) in [5.74, 6) is 0.944. The van der Waals surface area contributed by atoms with Crippen LogP contribution in [0.15, 0.2) is 65.1 Å². The van der Waals surface area contributed by atoms with Gasteiger partial charge in [-0.2, -0.15) is 20.2 Å². The fraction of sp³-hybridized carbons (Fsp3) is 0. The van der Waals surface area contributed by atoms with Crippen LogP contribution in [0.5, 0.6) is 0 Å². The summed E-state index contributed by atoms with van der Waals surface area (Å²) in [6.45, 7) is 0. The van der Waals surface area contributed by atoms with E-state index < -0.39 is 0 Å². The lowest BCUT2D eigenvalue weighted by molar-refractivity contribution is 1.13. The van der Waals surface area contributed by atoms with Crippen LogP contribution in [0.3, 0.4) is 0 Å². The summed E-state index contributed by atoms with van der Waals surface area (Å²) in [7, 11) is 0. The summed E-state index contributed by atoms with van der Waals surface area (Å²) < 4.78 is 0. The van der Waals surface area contributed by atoms with Crippen molar-refractivity contribution in [3.05, 3.63) is 66.2 Å². The standard InChI is InChI=1S/C16H15N9/c17-16-22-14(24-20-10-12-5-1-3-7-18-12)9-15(23-16)25-21-11-13-6-2-4-8-19-13/h1-11H,(H4,17,22,23,24,25)/b20-10+,21-11+. The molecule has 3 aromatic rings. The second-order valence-corrected chi connectivity index (χ2v) is 4.75. The van der Waals surface area contributed by atoms with Crippen LogP contribution < -0.4 is 16.6 Å². The van der Waals surface area contributed by atoms with Gasteiger partial charge in [0.25, 0.3) is 0 Å². The molecule has 25 heavy (non-hydrogen) atoms. The van der Waals surface area contributed by atoms with Gasteiger partial charge in [-0.05, 0) is 24.3 Å². The number of pyridine rings is 2. The summed E-state index contributed by atoms with van der Waals surface area (Å²) in [6.07, 6.45) is 6.52. The summed E-state index contributed by atoms with van der Waals surface area (Å²) >= 11 is 0. The average molecular weight is 333 g/mol. The lowest BCUT2D eigenvalue weighted by Crippen LogP contribution is -2.03. The van der Waals surface area contributed by atoms with Gasteiger partial charge in [0.05, 0.1) is 23.8 Å². The zero-order valence-electron chi connectivity index (χ0n) is 13.1. The quantitative estimate of drug-likeness (QED) is 0.463. The van der Waals surface area contributed by atoms with Crippen molar-refractivity contribution in [3.63, 3.8) is 0 Å². The monoisotopic (exact) mass is 333 g/mol. The first-order chi connectivity index (χ1) is 12.3. The minimum Gasteiger partial charge on any atom is -0.368 e. The topological polar surface area (TPSA) is 126 Å². The van der Waals surface area contributed by atoms with Crippen LogP contribution in [0.4, 0.5) is 17.6 Å². The lowest BCUT2D eigenvalue weighted by atomic mass is 10.4. The van der Waals surface area contributed by atoms with Gasteiger partial charge in [0.15, 0.2) is 11.6 Å². The Balaban J connectivity index is 1.64. The van der Waals surface area contributed by atoms with E-state index in [4.69, 9.17) is 5.73 Å². The number of nitrogens with zero attached hydrogens (tertiary/aromatic N) is 6. The lowest BCUT2D eigenvalue weighted by Gasteiger charge is -2.04. The van der Waals surface area contributed by atoms with E-state index in [9.17, 15) is 0 Å². The first-order valence-electron chi connectivity index (χ1n) is 7.34. The second kappa shape index (κ2) is 8.11. The molecular formula is C16H15N9. The molecule has 3 rings (SSSR count). The molecule has 4 N–H and O–H groups in total. The molecule has 0 amide bonds. The molecule has 0 atom stereocenters. The van der Waals surface area contributed by atoms with Gasteiger partial charge in [0.1, 0.15) is 0 Å². The van der Waals surface area contributed by atoms with Crippen LogP contribution in [0.25, 0.3) is 0 Å². The molecule has 9 heteroatoms. The maximum absolute atomic E-state index is 5.69. The van der Waals surface area contributed by atoms with Crippen LogP contribution in [0.2, 0.25) is 0 Å². The van der Waals surface area contributed by atoms with E-state index in [1.165, 1.54) is 0 Å². The Labute approximate surface area is 143 Å². The molecule has 0 aliphatic rings. The minimum absolute atomic E-state index is 0.0913. The van der Waals surface area contributed by atoms with E-state index in [0.29, 0.717) is 11.6 Å². The predicted molar refractivity (Wildman–Crippen MR) is 97.4 cm³/mol. The summed E-state index contributed by atoms with van der Waals surface area (Å²) in [5.41, 5.74) is 12.7. The maximum atomic E-state index is 5.69. The second-order valence-electron chi connectivity index (χ2n) is 4.75. The van der Waals surface area contributed by atoms with E-state index in [1.807, 2.05) is 36.4 Å². The van der Waals surface area contributed by atoms with Crippen molar-refractivity contribution in [1.82, 2.24) is 19.9 Å². The molecule has 0 radical (unpaired) electrons. The Morgan fingerprint density at radius 3 is 1.76 bits per heavy atom. The van der Waals surface area contributed by atoms with Crippen molar-refractivity contribution in [3.8, 4) is 0 Å². The zero-order valence-corrected chi connectivity index (χ0v) is 13.1. The molecule has 0 saturated carbocycles. The van der Waals surface area contributed by atoms with Crippen molar-refractivity contribution in [2.24, 2.45) is 10.2 Å². The molecule has 0 aliphatic carbocycles. The minimum atomic E-state index is 0.0913. The molecule has 3 aromatic heterocycles. The Hall–Kier alpha value is -3.88. The Kier molecular flexibility index (Phi) is 5.19. The number of hydrogen-bond donors (Lipinski definition) is 3. The summed E-state index contributed by atoms with van der Waals surface area (Å²) in [6, 6.07) is 12.7. The van der Waals surface area contributed by atoms with Gasteiger partial charge in [0.2, 0.25) is 5.95 Å². The van der Waals surface area contributed by atoms with E-state index >= 15 is 0 Å². The van der Waals surface area contributed by atoms with Crippen LogP contribution in [0.1, 0.15) is 11.4 Å². The third-order valence-electron chi connectivity index (χ3n) is 2.87. The highest BCUT2D eigenvalue weighted by molar-refractivity contribution is 5.78. The van der Waals surface area contributed by atoms with Crippen LogP contribution in [-0.4, -0.2) is 32.4 Å². The zero-order chi connectivity index (χ0) is 17.3. The van der Waals surface area contributed by atoms with Crippen molar-refractivity contribution >= 4 is 30.0 Å². The first kappa shape index (κ1) is 16.0. The van der Waals surface area contributed by atoms with E-state index in [0.717, 1.165) is 11.4 Å². The van der Waals surface area contributed by atoms with Crippen LogP contribution >= 0.6 is 0 Å². The number of nitrogen functional groups attached to an aromatic ring is 1. The van der Waals surface area contributed by atoms with Crippen LogP contribution in [0, 0.1) is 0 Å². The molecule has 124 valence electrons. The molecule has 0 spiro atoms. The third-order valence-corrected chi connectivity index (χ3v) is 2.87. The highest BCUT2D eigenvalue weighted by Gasteiger charge is 2.00. The van der Waals surface area contributed by atoms with Gasteiger partial charge in [-0.25, -0.2) is 0 Å². The number of nitrogens with one attached hydrogen (secondary N) is 2. The third kappa shape index (κ3) is 5.06. The van der Waals surface area contributed by atoms with E-state index in [1.54, 1.807) is 30.9 Å². The van der Waals surface area contributed by atoms with Gasteiger partial charge in [-0.15, -0.1) is 0 Å². The number of aromatic nitrogens is 4. The number of anilines is 3. The molecule has 9 nitrogen and oxygen atoms in total. The van der Waals surface area contributed by atoms with Crippen molar-refractivity contribution < 1.29 is 0 Å². The van der Waals surface area contributed by atoms with Crippen molar-refractivity contribution in [1.29, 1.82) is 0 Å². The Bertz CT molecular complexity index is 794. The van der Waals surface area contributed by atoms with Gasteiger partial charge >= 0.3 is 0 Å². The Morgan fingerprint density at radius 1 is 0.800 bits per heavy atom. The molecule has 0 unspecified atom stereocenters. The first-order valence-corrected chi connectivity index (χ1v) is 7.34. The van der Waals surface area contributed by atoms with E-state index in [2.05, 4.69) is 41.0 Å². The van der Waals surface area contributed by atoms with Gasteiger partial charge < -0.3 is 5.73 Å². The molecular weight excluding hydrogens is 318 g/mol. The summed E-state index contributed by atoms with van der Waals surface area (Å²) in [5, 5.41) is 8.12. The number of hydrazone groups is 2. The molecule has 0 bridgehead atoms. The molecule has 0 saturated heterocycles. The predicted octanol–water partition coefficient (Wildman–Crippen LogP) is 1.74. The fourth-order valence-electron chi connectivity index (χ4n) is 1.81. The maximum Gasteiger partial charge on any atom is 0.224 e. The smallest absolute Gasteiger partial charge is 0.224 e. The van der Waals surface area contributed by atoms with Crippen LogP contribution in [-0.2, 0) is 0 Å². The number of hydrogen-bond acceptors (Lipinski definition) is 9. The highest BCUT2D eigenvalue weighted by atomic mass is 15.3. The molecule has 0 aliphatic heterocycles. The largest absolute Gasteiger partial charge is 0.368 e. The normalized spacial score (nSPS) is 11.0. The van der Waals surface area contributed by atoms with Gasteiger partial charge in [-0.3, -0.25) is 20.8 Å². The average Bonchev–Trinajstić information content (AvgIpc) is 2.63. The van der Waals surface area contributed by atoms with E-state index in [-0.39, 0.29) is 5.95 Å². The van der Waals surface area contributed by atoms with Crippen molar-refractivity contribution in [2.75, 3.05) is 16.6 Å². The Morgan fingerprint density at radius 2 is 1.32 bits per heavy atom. The summed E-state index contributed by atoms with van der Waals surface area (Å²) in [4.78, 5) is 16.4. The number of rotatable bonds is 6. The number of nitrogens with two attached hydrogens (primary N) is 1. The van der Waals surface area contributed by atoms with Gasteiger partial charge in [0, 0.05) is 18.5 Å². The SMILES string of the molecule is Nc1nc(N/N=C/c2ccccn2)cc(N/N=C/c2ccccn2)n1. The van der Waals surface area contributed by atoms with Gasteiger partial charge in [-0.1, -0.05) is 12.1 Å².